The summed E-state index contributed by atoms with van der Waals surface area (Å²) >= 11 is 7.46. The third-order valence-corrected chi connectivity index (χ3v) is 3.21. The Morgan fingerprint density at radius 2 is 2.40 bits per heavy atom. The molecule has 0 bridgehead atoms. The maximum Gasteiger partial charge on any atom is 0.0515 e. The average molecular weight is 174 g/mol. The van der Waals surface area contributed by atoms with E-state index >= 15 is 0 Å². The number of nitrogens with two attached hydrogens (primary N) is 1. The lowest BCUT2D eigenvalue weighted by Gasteiger charge is -1.86. The third-order valence-electron chi connectivity index (χ3n) is 1.79. The van der Waals surface area contributed by atoms with E-state index < -0.39 is 0 Å². The number of rotatable bonds is 1. The molecule has 2 N–H and O–H groups in total. The van der Waals surface area contributed by atoms with Gasteiger partial charge >= 0.3 is 0 Å². The normalized spacial score (nSPS) is 30.6. The van der Waals surface area contributed by atoms with E-state index in [0.29, 0.717) is 12.0 Å². The standard InChI is InChI=1S/C7H8ClNS/c8-4-1-7(10-3-4)5-2-6(5)9/h1,3,5-6H,2,9H2. The number of thiophene rings is 1. The summed E-state index contributed by atoms with van der Waals surface area (Å²) in [5, 5.41) is 2.81. The van der Waals surface area contributed by atoms with E-state index in [1.165, 1.54) is 4.88 Å². The fourth-order valence-electron chi connectivity index (χ4n) is 1.06. The SMILES string of the molecule is NC1CC1c1cc(Cl)cs1. The molecule has 0 spiro atoms. The van der Waals surface area contributed by atoms with Gasteiger partial charge in [-0.05, 0) is 12.5 Å². The summed E-state index contributed by atoms with van der Waals surface area (Å²) in [6.07, 6.45) is 1.14. The van der Waals surface area contributed by atoms with Crippen LogP contribution in [0.4, 0.5) is 0 Å². The molecule has 2 atom stereocenters. The summed E-state index contributed by atoms with van der Waals surface area (Å²) in [6, 6.07) is 2.42. The quantitative estimate of drug-likeness (QED) is 0.693. The van der Waals surface area contributed by atoms with Crippen molar-refractivity contribution in [3.05, 3.63) is 21.3 Å². The first kappa shape index (κ1) is 6.65. The van der Waals surface area contributed by atoms with Gasteiger partial charge in [0.15, 0.2) is 0 Å². The second-order valence-electron chi connectivity index (χ2n) is 2.67. The van der Waals surface area contributed by atoms with Gasteiger partial charge in [-0.3, -0.25) is 0 Å². The highest BCUT2D eigenvalue weighted by Gasteiger charge is 2.35. The van der Waals surface area contributed by atoms with E-state index in [-0.39, 0.29) is 0 Å². The van der Waals surface area contributed by atoms with E-state index in [0.717, 1.165) is 11.4 Å². The van der Waals surface area contributed by atoms with E-state index in [1.807, 2.05) is 11.4 Å². The van der Waals surface area contributed by atoms with Crippen molar-refractivity contribution in [1.82, 2.24) is 0 Å². The van der Waals surface area contributed by atoms with Gasteiger partial charge in [-0.1, -0.05) is 11.6 Å². The van der Waals surface area contributed by atoms with Crippen LogP contribution in [-0.2, 0) is 0 Å². The maximum atomic E-state index is 5.75. The molecule has 1 aromatic heterocycles. The summed E-state index contributed by atoms with van der Waals surface area (Å²) in [5.74, 6) is 0.609. The van der Waals surface area contributed by atoms with Crippen LogP contribution in [0.25, 0.3) is 0 Å². The van der Waals surface area contributed by atoms with Crippen LogP contribution in [0.15, 0.2) is 11.4 Å². The minimum absolute atomic E-state index is 0.398. The van der Waals surface area contributed by atoms with Crippen LogP contribution < -0.4 is 5.73 Å². The minimum atomic E-state index is 0.398. The van der Waals surface area contributed by atoms with Gasteiger partial charge in [-0.25, -0.2) is 0 Å². The molecule has 1 fully saturated rings. The van der Waals surface area contributed by atoms with Gasteiger partial charge in [0.1, 0.15) is 0 Å². The number of hydrogen-bond donors (Lipinski definition) is 1. The Bertz CT molecular complexity index is 246. The van der Waals surface area contributed by atoms with Crippen LogP contribution >= 0.6 is 22.9 Å². The molecule has 0 radical (unpaired) electrons. The fourth-order valence-corrected chi connectivity index (χ4v) is 2.34. The Labute approximate surface area is 68.8 Å². The van der Waals surface area contributed by atoms with Gasteiger partial charge in [0.2, 0.25) is 0 Å². The molecule has 0 aliphatic heterocycles. The van der Waals surface area contributed by atoms with E-state index in [9.17, 15) is 0 Å². The largest absolute Gasteiger partial charge is 0.327 e. The van der Waals surface area contributed by atoms with E-state index in [1.54, 1.807) is 11.3 Å². The molecular formula is C7H8ClNS. The Balaban J connectivity index is 2.20. The highest BCUT2D eigenvalue weighted by molar-refractivity contribution is 7.10. The van der Waals surface area contributed by atoms with E-state index in [4.69, 9.17) is 17.3 Å². The zero-order valence-corrected chi connectivity index (χ0v) is 6.95. The summed E-state index contributed by atoms with van der Waals surface area (Å²) in [4.78, 5) is 1.34. The van der Waals surface area contributed by atoms with Crippen molar-refractivity contribution < 1.29 is 0 Å². The first-order valence-corrected chi connectivity index (χ1v) is 4.52. The van der Waals surface area contributed by atoms with Gasteiger partial charge in [0.05, 0.1) is 5.02 Å². The molecule has 3 heteroatoms. The number of halogens is 1. The second-order valence-corrected chi connectivity index (χ2v) is 4.05. The molecule has 54 valence electrons. The molecule has 1 saturated carbocycles. The molecule has 2 unspecified atom stereocenters. The van der Waals surface area contributed by atoms with Gasteiger partial charge in [-0.2, -0.15) is 0 Å². The van der Waals surface area contributed by atoms with Crippen LogP contribution in [0.5, 0.6) is 0 Å². The maximum absolute atomic E-state index is 5.75. The summed E-state index contributed by atoms with van der Waals surface area (Å²) in [7, 11) is 0. The Morgan fingerprint density at radius 1 is 1.70 bits per heavy atom. The van der Waals surface area contributed by atoms with Crippen molar-refractivity contribution >= 4 is 22.9 Å². The Hall–Kier alpha value is -0.0500. The highest BCUT2D eigenvalue weighted by Crippen LogP contribution is 2.42. The molecule has 1 aliphatic rings. The average Bonchev–Trinajstić information content (AvgIpc) is 2.42. The predicted molar refractivity (Wildman–Crippen MR) is 44.7 cm³/mol. The monoisotopic (exact) mass is 173 g/mol. The van der Waals surface area contributed by atoms with E-state index in [2.05, 4.69) is 0 Å². The first-order valence-electron chi connectivity index (χ1n) is 3.27. The molecule has 1 aliphatic carbocycles. The summed E-state index contributed by atoms with van der Waals surface area (Å²) < 4.78 is 0. The molecule has 10 heavy (non-hydrogen) atoms. The molecule has 2 rings (SSSR count). The highest BCUT2D eigenvalue weighted by atomic mass is 35.5. The van der Waals surface area contributed by atoms with Crippen molar-refractivity contribution in [1.29, 1.82) is 0 Å². The molecule has 0 saturated heterocycles. The lowest BCUT2D eigenvalue weighted by molar-refractivity contribution is 1.01. The molecule has 1 aromatic rings. The molecule has 0 aromatic carbocycles. The van der Waals surface area contributed by atoms with Crippen LogP contribution in [0.2, 0.25) is 5.02 Å². The van der Waals surface area contributed by atoms with Gasteiger partial charge < -0.3 is 5.73 Å². The molecule has 1 nitrogen and oxygen atoms in total. The predicted octanol–water partition coefficient (Wildman–Crippen LogP) is 2.22. The van der Waals surface area contributed by atoms with Crippen LogP contribution in [-0.4, -0.2) is 6.04 Å². The lowest BCUT2D eigenvalue weighted by atomic mass is 10.3. The van der Waals surface area contributed by atoms with Crippen molar-refractivity contribution in [2.24, 2.45) is 5.73 Å². The smallest absolute Gasteiger partial charge is 0.0515 e. The molecular weight excluding hydrogens is 166 g/mol. The second kappa shape index (κ2) is 2.22. The van der Waals surface area contributed by atoms with Crippen molar-refractivity contribution in [3.63, 3.8) is 0 Å². The van der Waals surface area contributed by atoms with Crippen LogP contribution in [0.3, 0.4) is 0 Å². The van der Waals surface area contributed by atoms with Gasteiger partial charge in [0, 0.05) is 22.2 Å². The van der Waals surface area contributed by atoms with Crippen molar-refractivity contribution in [3.8, 4) is 0 Å². The zero-order valence-electron chi connectivity index (χ0n) is 5.38. The summed E-state index contributed by atoms with van der Waals surface area (Å²) in [5.41, 5.74) is 5.67. The lowest BCUT2D eigenvalue weighted by Crippen LogP contribution is -1.99. The zero-order chi connectivity index (χ0) is 7.14. The first-order chi connectivity index (χ1) is 4.77. The Kier molecular flexibility index (Phi) is 1.48. The Morgan fingerprint density at radius 3 is 2.80 bits per heavy atom. The summed E-state index contributed by atoms with van der Waals surface area (Å²) in [6.45, 7) is 0. The van der Waals surface area contributed by atoms with Crippen LogP contribution in [0.1, 0.15) is 17.2 Å². The molecule has 0 amide bonds. The third kappa shape index (κ3) is 1.07. The van der Waals surface area contributed by atoms with Crippen molar-refractivity contribution in [2.75, 3.05) is 0 Å². The number of hydrogen-bond acceptors (Lipinski definition) is 2. The fraction of sp³-hybridized carbons (Fsp3) is 0.429. The topological polar surface area (TPSA) is 26.0 Å². The molecule has 1 heterocycles. The minimum Gasteiger partial charge on any atom is -0.327 e. The van der Waals surface area contributed by atoms with Gasteiger partial charge in [-0.15, -0.1) is 11.3 Å². The van der Waals surface area contributed by atoms with Gasteiger partial charge in [0.25, 0.3) is 0 Å². The van der Waals surface area contributed by atoms with Crippen molar-refractivity contribution in [2.45, 2.75) is 18.4 Å². The van der Waals surface area contributed by atoms with Crippen LogP contribution in [0, 0.1) is 0 Å².